The molecule has 5 heteroatoms. The van der Waals surface area contributed by atoms with Gasteiger partial charge < -0.3 is 14.8 Å². The molecule has 0 saturated heterocycles. The highest BCUT2D eigenvalue weighted by Gasteiger charge is 2.18. The van der Waals surface area contributed by atoms with Crippen LogP contribution in [0.25, 0.3) is 5.65 Å². The van der Waals surface area contributed by atoms with Gasteiger partial charge in [0.2, 0.25) is 0 Å². The molecule has 2 aromatic rings. The molecule has 0 saturated carbocycles. The van der Waals surface area contributed by atoms with Gasteiger partial charge in [-0.25, -0.2) is 4.98 Å². The largest absolute Gasteiger partial charge is 0.543 e. The number of aromatic carboxylic acids is 1. The van der Waals surface area contributed by atoms with Crippen LogP contribution in [0.5, 0.6) is 0 Å². The molecule has 2 rings (SSSR count). The van der Waals surface area contributed by atoms with Gasteiger partial charge >= 0.3 is 0 Å². The Morgan fingerprint density at radius 3 is 2.81 bits per heavy atom. The Morgan fingerprint density at radius 2 is 2.19 bits per heavy atom. The Balaban J connectivity index is 2.40. The zero-order valence-electron chi connectivity index (χ0n) is 13.0. The van der Waals surface area contributed by atoms with Gasteiger partial charge in [-0.15, -0.1) is 0 Å². The molecule has 0 amide bonds. The molecule has 0 bridgehead atoms. The Hall–Kier alpha value is -1.88. The smallest absolute Gasteiger partial charge is 0.138 e. The van der Waals surface area contributed by atoms with Crippen molar-refractivity contribution in [2.24, 2.45) is 0 Å². The summed E-state index contributed by atoms with van der Waals surface area (Å²) in [6, 6.07) is 3.86. The lowest BCUT2D eigenvalue weighted by molar-refractivity contribution is -0.912. The summed E-state index contributed by atoms with van der Waals surface area (Å²) in [5.74, 6) is -1.20. The number of carbonyl (C=O) groups is 1. The van der Waals surface area contributed by atoms with Crippen LogP contribution in [0.4, 0.5) is 0 Å². The van der Waals surface area contributed by atoms with Gasteiger partial charge in [0.05, 0.1) is 19.1 Å². The lowest BCUT2D eigenvalue weighted by Gasteiger charge is -2.18. The van der Waals surface area contributed by atoms with Crippen LogP contribution in [-0.4, -0.2) is 28.4 Å². The standard InChI is InChI=1S/C16H23N3O2/c1-4-6-8-18(5-2)11-13-15(16(20)21)17-14-10-12(3)7-9-19(13)14/h7,9-10H,4-6,8,11H2,1-3H3,(H,20,21). The Morgan fingerprint density at radius 1 is 1.43 bits per heavy atom. The average Bonchev–Trinajstić information content (AvgIpc) is 2.81. The third kappa shape index (κ3) is 3.42. The Labute approximate surface area is 125 Å². The summed E-state index contributed by atoms with van der Waals surface area (Å²) in [6.07, 6.45) is 4.18. The Bertz CT molecular complexity index is 634. The highest BCUT2D eigenvalue weighted by molar-refractivity contribution is 5.86. The number of rotatable bonds is 7. The summed E-state index contributed by atoms with van der Waals surface area (Å²) >= 11 is 0. The molecule has 0 radical (unpaired) electrons. The predicted octanol–water partition coefficient (Wildman–Crippen LogP) is 0.211. The normalized spacial score (nSPS) is 12.7. The molecule has 1 unspecified atom stereocenters. The first-order valence-corrected chi connectivity index (χ1v) is 7.59. The molecule has 1 atom stereocenters. The van der Waals surface area contributed by atoms with Gasteiger partial charge in [0.1, 0.15) is 23.6 Å². The summed E-state index contributed by atoms with van der Waals surface area (Å²) in [4.78, 5) is 17.0. The van der Waals surface area contributed by atoms with Crippen LogP contribution in [0, 0.1) is 6.92 Å². The van der Waals surface area contributed by atoms with E-state index in [1.807, 2.05) is 29.7 Å². The molecule has 0 fully saturated rings. The van der Waals surface area contributed by atoms with E-state index in [9.17, 15) is 9.90 Å². The van der Waals surface area contributed by atoms with E-state index < -0.39 is 5.97 Å². The van der Waals surface area contributed by atoms with Crippen molar-refractivity contribution in [3.63, 3.8) is 0 Å². The van der Waals surface area contributed by atoms with E-state index in [0.29, 0.717) is 12.2 Å². The van der Waals surface area contributed by atoms with Gasteiger partial charge in [-0.2, -0.15) is 0 Å². The van der Waals surface area contributed by atoms with Crippen molar-refractivity contribution in [3.05, 3.63) is 35.3 Å². The van der Waals surface area contributed by atoms with Crippen molar-refractivity contribution in [3.8, 4) is 0 Å². The summed E-state index contributed by atoms with van der Waals surface area (Å²) < 4.78 is 1.87. The summed E-state index contributed by atoms with van der Waals surface area (Å²) in [5, 5.41) is 11.4. The number of pyridine rings is 1. The maximum atomic E-state index is 11.4. The number of hydrogen-bond acceptors (Lipinski definition) is 3. The van der Waals surface area contributed by atoms with E-state index in [1.54, 1.807) is 0 Å². The molecule has 0 aromatic carbocycles. The number of fused-ring (bicyclic) bond motifs is 1. The van der Waals surface area contributed by atoms with Gasteiger partial charge in [-0.1, -0.05) is 13.3 Å². The second-order valence-electron chi connectivity index (χ2n) is 5.51. The van der Waals surface area contributed by atoms with Crippen LogP contribution in [0.1, 0.15) is 48.4 Å². The highest BCUT2D eigenvalue weighted by Crippen LogP contribution is 2.13. The first-order valence-electron chi connectivity index (χ1n) is 7.59. The lowest BCUT2D eigenvalue weighted by atomic mass is 10.2. The van der Waals surface area contributed by atoms with E-state index in [-0.39, 0.29) is 5.69 Å². The van der Waals surface area contributed by atoms with Crippen molar-refractivity contribution in [1.82, 2.24) is 9.38 Å². The monoisotopic (exact) mass is 289 g/mol. The fourth-order valence-electron chi connectivity index (χ4n) is 2.58. The van der Waals surface area contributed by atoms with Crippen LogP contribution >= 0.6 is 0 Å². The predicted molar refractivity (Wildman–Crippen MR) is 79.2 cm³/mol. The molecule has 2 aromatic heterocycles. The summed E-state index contributed by atoms with van der Waals surface area (Å²) in [7, 11) is 0. The molecule has 114 valence electrons. The number of carbonyl (C=O) groups excluding carboxylic acids is 1. The zero-order valence-corrected chi connectivity index (χ0v) is 13.0. The number of aromatic nitrogens is 2. The van der Waals surface area contributed by atoms with Crippen molar-refractivity contribution in [1.29, 1.82) is 0 Å². The number of hydrogen-bond donors (Lipinski definition) is 1. The molecule has 0 aliphatic carbocycles. The molecule has 0 aliphatic heterocycles. The quantitative estimate of drug-likeness (QED) is 0.792. The number of carboxylic acid groups (broad SMARTS) is 1. The van der Waals surface area contributed by atoms with Crippen molar-refractivity contribution < 1.29 is 14.8 Å². The average molecular weight is 289 g/mol. The molecule has 2 heterocycles. The van der Waals surface area contributed by atoms with Crippen LogP contribution < -0.4 is 10.0 Å². The number of quaternary nitrogens is 1. The summed E-state index contributed by atoms with van der Waals surface area (Å²) in [6.45, 7) is 8.92. The van der Waals surface area contributed by atoms with Crippen molar-refractivity contribution in [2.45, 2.75) is 40.2 Å². The van der Waals surface area contributed by atoms with Gasteiger partial charge in [0, 0.05) is 6.20 Å². The SMILES string of the molecule is CCCC[NH+](CC)Cc1c(C(=O)[O-])nc2cc(C)ccn12. The van der Waals surface area contributed by atoms with Gasteiger partial charge in [-0.3, -0.25) is 4.40 Å². The van der Waals surface area contributed by atoms with Gasteiger partial charge in [0.15, 0.2) is 0 Å². The van der Waals surface area contributed by atoms with Crippen molar-refractivity contribution in [2.75, 3.05) is 13.1 Å². The minimum absolute atomic E-state index is 0.0723. The maximum absolute atomic E-state index is 11.4. The molecular formula is C16H23N3O2. The first-order chi connectivity index (χ1) is 10.1. The number of nitrogens with one attached hydrogen (secondary N) is 1. The van der Waals surface area contributed by atoms with Crippen LogP contribution in [0.15, 0.2) is 18.3 Å². The minimum Gasteiger partial charge on any atom is -0.543 e. The van der Waals surface area contributed by atoms with Crippen LogP contribution in [-0.2, 0) is 6.54 Å². The van der Waals surface area contributed by atoms with E-state index in [1.165, 1.54) is 4.90 Å². The molecule has 5 nitrogen and oxygen atoms in total. The number of nitrogens with zero attached hydrogens (tertiary/aromatic N) is 2. The highest BCUT2D eigenvalue weighted by atomic mass is 16.4. The number of imidazole rings is 1. The van der Waals surface area contributed by atoms with Gasteiger partial charge in [0.25, 0.3) is 0 Å². The topological polar surface area (TPSA) is 61.9 Å². The summed E-state index contributed by atoms with van der Waals surface area (Å²) in [5.41, 5.74) is 2.55. The van der Waals surface area contributed by atoms with Gasteiger partial charge in [-0.05, 0) is 38.0 Å². The van der Waals surface area contributed by atoms with E-state index in [2.05, 4.69) is 18.8 Å². The number of unbranched alkanes of at least 4 members (excludes halogenated alkanes) is 1. The number of aryl methyl sites for hydroxylation is 1. The zero-order chi connectivity index (χ0) is 15.4. The van der Waals surface area contributed by atoms with E-state index >= 15 is 0 Å². The minimum atomic E-state index is -1.20. The first kappa shape index (κ1) is 15.5. The number of carboxylic acids is 1. The van der Waals surface area contributed by atoms with Crippen LogP contribution in [0.2, 0.25) is 0 Å². The Kier molecular flexibility index (Phi) is 4.96. The van der Waals surface area contributed by atoms with Crippen molar-refractivity contribution >= 4 is 11.6 Å². The molecule has 0 aliphatic rings. The molecule has 21 heavy (non-hydrogen) atoms. The molecule has 0 spiro atoms. The second-order valence-corrected chi connectivity index (χ2v) is 5.51. The third-order valence-corrected chi connectivity index (χ3v) is 3.88. The van der Waals surface area contributed by atoms with Crippen LogP contribution in [0.3, 0.4) is 0 Å². The molecular weight excluding hydrogens is 266 g/mol. The fourth-order valence-corrected chi connectivity index (χ4v) is 2.58. The van der Waals surface area contributed by atoms with E-state index in [4.69, 9.17) is 0 Å². The van der Waals surface area contributed by atoms with E-state index in [0.717, 1.165) is 37.2 Å². The molecule has 1 N–H and O–H groups in total. The lowest BCUT2D eigenvalue weighted by Crippen LogP contribution is -3.10. The second kappa shape index (κ2) is 6.72. The fraction of sp³-hybridized carbons (Fsp3) is 0.500. The maximum Gasteiger partial charge on any atom is 0.138 e. The third-order valence-electron chi connectivity index (χ3n) is 3.88.